The van der Waals surface area contributed by atoms with Crippen molar-refractivity contribution in [1.29, 1.82) is 0 Å². The van der Waals surface area contributed by atoms with Gasteiger partial charge in [-0.25, -0.2) is 0 Å². The average Bonchev–Trinajstić information content (AvgIpc) is 2.30. The van der Waals surface area contributed by atoms with Crippen molar-refractivity contribution in [2.75, 3.05) is 26.2 Å². The highest BCUT2D eigenvalue weighted by molar-refractivity contribution is 5.74. The van der Waals surface area contributed by atoms with E-state index in [1.54, 1.807) is 0 Å². The topological polar surface area (TPSA) is 49.8 Å². The van der Waals surface area contributed by atoms with Crippen LogP contribution in [0.4, 0.5) is 13.2 Å². The number of carboxylic acid groups (broad SMARTS) is 1. The number of alkyl halides is 3. The first kappa shape index (κ1) is 16.2. The largest absolute Gasteiger partial charge is 0.522 e. The predicted octanol–water partition coefficient (Wildman–Crippen LogP) is 2.49. The van der Waals surface area contributed by atoms with Gasteiger partial charge >= 0.3 is 12.3 Å². The quantitative estimate of drug-likeness (QED) is 0.813. The average molecular weight is 283 g/mol. The van der Waals surface area contributed by atoms with Gasteiger partial charge in [0.15, 0.2) is 0 Å². The molecular formula is C12H20F3NO3. The van der Waals surface area contributed by atoms with Crippen molar-refractivity contribution in [3.63, 3.8) is 0 Å². The van der Waals surface area contributed by atoms with Crippen LogP contribution in [0.2, 0.25) is 0 Å². The van der Waals surface area contributed by atoms with E-state index in [9.17, 15) is 23.1 Å². The Bertz CT molecular complexity index is 299. The van der Waals surface area contributed by atoms with Crippen molar-refractivity contribution in [3.8, 4) is 0 Å². The van der Waals surface area contributed by atoms with E-state index in [1.807, 2.05) is 11.8 Å². The number of carboxylic acids is 1. The molecule has 0 unspecified atom stereocenters. The molecule has 1 heterocycles. The molecule has 1 fully saturated rings. The zero-order valence-electron chi connectivity index (χ0n) is 11.0. The van der Waals surface area contributed by atoms with E-state index in [2.05, 4.69) is 4.74 Å². The highest BCUT2D eigenvalue weighted by atomic mass is 19.4. The van der Waals surface area contributed by atoms with Gasteiger partial charge in [0, 0.05) is 6.54 Å². The van der Waals surface area contributed by atoms with Crippen LogP contribution in [0.25, 0.3) is 0 Å². The Labute approximate surface area is 110 Å². The fraction of sp³-hybridized carbons (Fsp3) is 0.917. The number of carbonyl (C=O) groups is 1. The van der Waals surface area contributed by atoms with Gasteiger partial charge in [-0.15, -0.1) is 13.2 Å². The van der Waals surface area contributed by atoms with E-state index in [-0.39, 0.29) is 6.54 Å². The number of aliphatic carboxylic acids is 1. The lowest BCUT2D eigenvalue weighted by molar-refractivity contribution is -0.325. The second-order valence-corrected chi connectivity index (χ2v) is 4.97. The zero-order valence-corrected chi connectivity index (χ0v) is 11.0. The summed E-state index contributed by atoms with van der Waals surface area (Å²) in [7, 11) is 0. The second-order valence-electron chi connectivity index (χ2n) is 4.97. The normalized spacial score (nSPS) is 20.4. The molecule has 1 N–H and O–H groups in total. The number of likely N-dealkylation sites (tertiary alicyclic amines) is 1. The van der Waals surface area contributed by atoms with Gasteiger partial charge in [-0.05, 0) is 32.4 Å². The number of hydrogen-bond donors (Lipinski definition) is 1. The molecular weight excluding hydrogens is 263 g/mol. The summed E-state index contributed by atoms with van der Waals surface area (Å²) >= 11 is 0. The molecule has 7 heteroatoms. The molecule has 0 aromatic carbocycles. The fourth-order valence-corrected chi connectivity index (χ4v) is 2.54. The molecule has 0 aromatic rings. The molecule has 1 aliphatic heterocycles. The molecule has 1 rings (SSSR count). The Morgan fingerprint density at radius 3 is 2.37 bits per heavy atom. The van der Waals surface area contributed by atoms with Gasteiger partial charge in [0.25, 0.3) is 0 Å². The summed E-state index contributed by atoms with van der Waals surface area (Å²) in [5.41, 5.74) is -0.698. The minimum atomic E-state index is -4.59. The van der Waals surface area contributed by atoms with Gasteiger partial charge in [-0.3, -0.25) is 9.53 Å². The number of piperidine rings is 1. The third-order valence-electron chi connectivity index (χ3n) is 3.67. The maximum absolute atomic E-state index is 11.8. The lowest BCUT2D eigenvalue weighted by atomic mass is 9.75. The third kappa shape index (κ3) is 4.99. The smallest absolute Gasteiger partial charge is 0.481 e. The molecule has 0 spiro atoms. The lowest BCUT2D eigenvalue weighted by Gasteiger charge is -2.38. The van der Waals surface area contributed by atoms with E-state index >= 15 is 0 Å². The molecule has 0 bridgehead atoms. The summed E-state index contributed by atoms with van der Waals surface area (Å²) in [6.45, 7) is 2.73. The first-order valence-electron chi connectivity index (χ1n) is 6.45. The molecule has 1 aliphatic rings. The number of ether oxygens (including phenoxy) is 1. The summed E-state index contributed by atoms with van der Waals surface area (Å²) < 4.78 is 39.2. The standard InChI is InChI=1S/C12H20F3NO3/c1-2-3-11(10(17)18)4-6-16(7-5-11)8-9-19-12(13,14)15/h2-9H2,1H3,(H,17,18). The summed E-state index contributed by atoms with van der Waals surface area (Å²) in [4.78, 5) is 13.1. The van der Waals surface area contributed by atoms with Crippen LogP contribution < -0.4 is 0 Å². The van der Waals surface area contributed by atoms with Crippen molar-refractivity contribution in [2.45, 2.75) is 39.0 Å². The highest BCUT2D eigenvalue weighted by Crippen LogP contribution is 2.36. The van der Waals surface area contributed by atoms with Gasteiger partial charge in [-0.2, -0.15) is 0 Å². The van der Waals surface area contributed by atoms with Crippen molar-refractivity contribution < 1.29 is 27.8 Å². The maximum atomic E-state index is 11.8. The molecule has 4 nitrogen and oxygen atoms in total. The maximum Gasteiger partial charge on any atom is 0.522 e. The summed E-state index contributed by atoms with van der Waals surface area (Å²) in [5, 5.41) is 9.30. The van der Waals surface area contributed by atoms with Crippen LogP contribution in [0.5, 0.6) is 0 Å². The Hall–Kier alpha value is -0.820. The summed E-state index contributed by atoms with van der Waals surface area (Å²) in [5.74, 6) is -0.791. The Morgan fingerprint density at radius 2 is 1.95 bits per heavy atom. The minimum Gasteiger partial charge on any atom is -0.481 e. The highest BCUT2D eigenvalue weighted by Gasteiger charge is 2.40. The van der Waals surface area contributed by atoms with Crippen molar-refractivity contribution in [1.82, 2.24) is 4.90 Å². The Morgan fingerprint density at radius 1 is 1.37 bits per heavy atom. The predicted molar refractivity (Wildman–Crippen MR) is 62.7 cm³/mol. The van der Waals surface area contributed by atoms with Crippen molar-refractivity contribution >= 4 is 5.97 Å². The fourth-order valence-electron chi connectivity index (χ4n) is 2.54. The number of halogens is 3. The SMILES string of the molecule is CCCC1(C(=O)O)CCN(CCOC(F)(F)F)CC1. The lowest BCUT2D eigenvalue weighted by Crippen LogP contribution is -2.45. The van der Waals surface area contributed by atoms with Crippen molar-refractivity contribution in [2.24, 2.45) is 5.41 Å². The van der Waals surface area contributed by atoms with E-state index in [0.717, 1.165) is 6.42 Å². The van der Waals surface area contributed by atoms with Gasteiger partial charge < -0.3 is 10.0 Å². The third-order valence-corrected chi connectivity index (χ3v) is 3.67. The van der Waals surface area contributed by atoms with Gasteiger partial charge in [-0.1, -0.05) is 13.3 Å². The number of hydrogen-bond acceptors (Lipinski definition) is 3. The van der Waals surface area contributed by atoms with Crippen molar-refractivity contribution in [3.05, 3.63) is 0 Å². The molecule has 19 heavy (non-hydrogen) atoms. The molecule has 0 amide bonds. The summed E-state index contributed by atoms with van der Waals surface area (Å²) in [6, 6.07) is 0. The molecule has 0 aliphatic carbocycles. The molecule has 0 atom stereocenters. The molecule has 1 saturated heterocycles. The van der Waals surface area contributed by atoms with Gasteiger partial charge in [0.05, 0.1) is 12.0 Å². The molecule has 0 radical (unpaired) electrons. The minimum absolute atomic E-state index is 0.182. The zero-order chi connectivity index (χ0) is 14.5. The number of rotatable bonds is 6. The van der Waals surface area contributed by atoms with E-state index in [1.165, 1.54) is 0 Å². The van der Waals surface area contributed by atoms with E-state index in [4.69, 9.17) is 0 Å². The first-order chi connectivity index (χ1) is 8.79. The van der Waals surface area contributed by atoms with E-state index in [0.29, 0.717) is 32.4 Å². The number of nitrogens with zero attached hydrogens (tertiary/aromatic N) is 1. The van der Waals surface area contributed by atoms with Crippen LogP contribution in [-0.4, -0.2) is 48.6 Å². The second kappa shape index (κ2) is 6.56. The summed E-state index contributed by atoms with van der Waals surface area (Å²) in [6.07, 6.45) is -2.20. The van der Waals surface area contributed by atoms with Crippen LogP contribution in [0, 0.1) is 5.41 Å². The monoisotopic (exact) mass is 283 g/mol. The first-order valence-corrected chi connectivity index (χ1v) is 6.45. The Balaban J connectivity index is 2.37. The van der Waals surface area contributed by atoms with Gasteiger partial charge in [0.2, 0.25) is 0 Å². The van der Waals surface area contributed by atoms with Gasteiger partial charge in [0.1, 0.15) is 0 Å². The van der Waals surface area contributed by atoms with Crippen LogP contribution in [0.3, 0.4) is 0 Å². The van der Waals surface area contributed by atoms with Crippen LogP contribution >= 0.6 is 0 Å². The van der Waals surface area contributed by atoms with E-state index < -0.39 is 24.4 Å². The molecule has 112 valence electrons. The van der Waals surface area contributed by atoms with Crippen LogP contribution in [0.15, 0.2) is 0 Å². The molecule has 0 aromatic heterocycles. The molecule has 0 saturated carbocycles. The Kier molecular flexibility index (Phi) is 5.61. The van der Waals surface area contributed by atoms with Crippen LogP contribution in [-0.2, 0) is 9.53 Å². The van der Waals surface area contributed by atoms with Crippen LogP contribution in [0.1, 0.15) is 32.6 Å².